The lowest BCUT2D eigenvalue weighted by molar-refractivity contribution is -0.143. The third kappa shape index (κ3) is 3.95. The van der Waals surface area contributed by atoms with Gasteiger partial charge in [0, 0.05) is 18.5 Å². The number of nitrogens with one attached hydrogen (secondary N) is 1. The number of nitriles is 1. The molecule has 1 N–H and O–H groups in total. The quantitative estimate of drug-likeness (QED) is 0.747. The van der Waals surface area contributed by atoms with Crippen LogP contribution in [0.15, 0.2) is 54.7 Å². The fourth-order valence-electron chi connectivity index (χ4n) is 2.99. The maximum Gasteiger partial charge on any atom is 0.321 e. The van der Waals surface area contributed by atoms with E-state index in [1.807, 2.05) is 30.3 Å². The second-order valence-electron chi connectivity index (χ2n) is 6.50. The van der Waals surface area contributed by atoms with Gasteiger partial charge in [-0.15, -0.1) is 0 Å². The van der Waals surface area contributed by atoms with E-state index in [0.717, 1.165) is 10.9 Å². The molecule has 1 amide bonds. The first-order chi connectivity index (χ1) is 12.8. The Kier molecular flexibility index (Phi) is 4.91. The number of amides is 1. The molecule has 138 valence electrons. The Balaban J connectivity index is 2.03. The topological polar surface area (TPSA) is 70.7 Å². The van der Waals surface area contributed by atoms with Gasteiger partial charge in [0.25, 0.3) is 5.91 Å². The van der Waals surface area contributed by atoms with Crippen molar-refractivity contribution in [1.29, 1.82) is 5.26 Å². The highest BCUT2D eigenvalue weighted by atomic mass is 19.3. The number of nitrogens with zero attached hydrogens (tertiary/aromatic N) is 3. The smallest absolute Gasteiger partial charge is 0.321 e. The van der Waals surface area contributed by atoms with Gasteiger partial charge in [0.05, 0.1) is 29.2 Å². The average molecular weight is 368 g/mol. The van der Waals surface area contributed by atoms with Crippen molar-refractivity contribution in [2.45, 2.75) is 31.9 Å². The average Bonchev–Trinajstić information content (AvgIpc) is 3.04. The summed E-state index contributed by atoms with van der Waals surface area (Å²) in [6.07, 6.45) is 1.75. The molecule has 3 aromatic rings. The summed E-state index contributed by atoms with van der Waals surface area (Å²) >= 11 is 0. The lowest BCUT2D eigenvalue weighted by Crippen LogP contribution is -2.46. The highest BCUT2D eigenvalue weighted by molar-refractivity contribution is 5.83. The zero-order valence-corrected chi connectivity index (χ0v) is 14.9. The van der Waals surface area contributed by atoms with Crippen LogP contribution in [0, 0.1) is 11.3 Å². The standard InChI is InChI=1S/C20H18F2N4O/c1-13(24-19(27)20(2,21)22)18(15-6-4-3-5-7-15)26-12-16-10-14(11-23)8-9-17(16)25-26/h3-10,12-13,18H,1-2H3,(H,24,27)/t13-,18-/m0/s1. The van der Waals surface area contributed by atoms with Crippen LogP contribution in [-0.4, -0.2) is 27.7 Å². The maximum absolute atomic E-state index is 13.3. The van der Waals surface area contributed by atoms with E-state index in [9.17, 15) is 13.6 Å². The third-order valence-electron chi connectivity index (χ3n) is 4.31. The molecule has 0 aliphatic rings. The lowest BCUT2D eigenvalue weighted by Gasteiger charge is -2.27. The number of carbonyl (C=O) groups is 1. The van der Waals surface area contributed by atoms with Crippen LogP contribution in [0.5, 0.6) is 0 Å². The van der Waals surface area contributed by atoms with Crippen molar-refractivity contribution in [1.82, 2.24) is 15.1 Å². The first-order valence-corrected chi connectivity index (χ1v) is 8.42. The highest BCUT2D eigenvalue weighted by Gasteiger charge is 2.35. The molecular formula is C20H18F2N4O. The summed E-state index contributed by atoms with van der Waals surface area (Å²) in [4.78, 5) is 11.8. The maximum atomic E-state index is 13.3. The van der Waals surface area contributed by atoms with Gasteiger partial charge in [-0.3, -0.25) is 9.48 Å². The SMILES string of the molecule is C[C@H](NC(=O)C(C)(F)F)[C@@H](c1ccccc1)n1cc2cc(C#N)ccc2n1. The first-order valence-electron chi connectivity index (χ1n) is 8.42. The summed E-state index contributed by atoms with van der Waals surface area (Å²) in [7, 11) is 0. The Morgan fingerprint density at radius 2 is 1.96 bits per heavy atom. The predicted molar refractivity (Wildman–Crippen MR) is 97.3 cm³/mol. The third-order valence-corrected chi connectivity index (χ3v) is 4.31. The number of alkyl halides is 2. The predicted octanol–water partition coefficient (Wildman–Crippen LogP) is 3.66. The number of carbonyl (C=O) groups excluding carboxylic acids is 1. The van der Waals surface area contributed by atoms with Crippen molar-refractivity contribution in [3.8, 4) is 6.07 Å². The zero-order chi connectivity index (χ0) is 19.6. The summed E-state index contributed by atoms with van der Waals surface area (Å²) in [5.41, 5.74) is 2.00. The van der Waals surface area contributed by atoms with Crippen molar-refractivity contribution in [3.63, 3.8) is 0 Å². The Hall–Kier alpha value is -3.27. The second kappa shape index (κ2) is 7.16. The van der Waals surface area contributed by atoms with Gasteiger partial charge in [-0.25, -0.2) is 0 Å². The molecular weight excluding hydrogens is 350 g/mol. The molecule has 3 rings (SSSR count). The largest absolute Gasteiger partial charge is 0.346 e. The molecule has 0 radical (unpaired) electrons. The minimum Gasteiger partial charge on any atom is -0.346 e. The Morgan fingerprint density at radius 3 is 2.59 bits per heavy atom. The van der Waals surface area contributed by atoms with Crippen molar-refractivity contribution in [2.24, 2.45) is 0 Å². The fourth-order valence-corrected chi connectivity index (χ4v) is 2.99. The van der Waals surface area contributed by atoms with E-state index < -0.39 is 23.9 Å². The molecule has 7 heteroatoms. The van der Waals surface area contributed by atoms with Gasteiger partial charge in [-0.1, -0.05) is 30.3 Å². The van der Waals surface area contributed by atoms with Crippen LogP contribution in [0.3, 0.4) is 0 Å². The Labute approximate surface area is 155 Å². The summed E-state index contributed by atoms with van der Waals surface area (Å²) < 4.78 is 28.3. The molecule has 0 saturated heterocycles. The van der Waals surface area contributed by atoms with Crippen molar-refractivity contribution >= 4 is 16.8 Å². The van der Waals surface area contributed by atoms with E-state index in [0.29, 0.717) is 18.0 Å². The number of aromatic nitrogens is 2. The molecule has 1 heterocycles. The lowest BCUT2D eigenvalue weighted by atomic mass is 10.0. The normalized spacial score (nSPS) is 13.7. The van der Waals surface area contributed by atoms with E-state index >= 15 is 0 Å². The van der Waals surface area contributed by atoms with Gasteiger partial charge >= 0.3 is 5.92 Å². The monoisotopic (exact) mass is 368 g/mol. The van der Waals surface area contributed by atoms with Gasteiger partial charge in [0.15, 0.2) is 0 Å². The van der Waals surface area contributed by atoms with Gasteiger partial charge in [0.1, 0.15) is 0 Å². The number of benzene rings is 2. The molecule has 0 aliphatic carbocycles. The van der Waals surface area contributed by atoms with Crippen LogP contribution < -0.4 is 5.32 Å². The molecule has 0 saturated carbocycles. The molecule has 0 fully saturated rings. The minimum absolute atomic E-state index is 0.490. The Bertz CT molecular complexity index is 1000. The molecule has 2 atom stereocenters. The van der Waals surface area contributed by atoms with Crippen LogP contribution in [0.2, 0.25) is 0 Å². The van der Waals surface area contributed by atoms with Crippen molar-refractivity contribution < 1.29 is 13.6 Å². The van der Waals surface area contributed by atoms with E-state index in [-0.39, 0.29) is 0 Å². The van der Waals surface area contributed by atoms with Crippen LogP contribution >= 0.6 is 0 Å². The van der Waals surface area contributed by atoms with Crippen molar-refractivity contribution in [2.75, 3.05) is 0 Å². The van der Waals surface area contributed by atoms with Gasteiger partial charge < -0.3 is 5.32 Å². The number of hydrogen-bond acceptors (Lipinski definition) is 3. The molecule has 0 aliphatic heterocycles. The number of rotatable bonds is 5. The van der Waals surface area contributed by atoms with E-state index in [1.54, 1.807) is 36.0 Å². The summed E-state index contributed by atoms with van der Waals surface area (Å²) in [6, 6.07) is 15.3. The fraction of sp³-hybridized carbons (Fsp3) is 0.250. The van der Waals surface area contributed by atoms with Crippen LogP contribution in [0.25, 0.3) is 10.9 Å². The van der Waals surface area contributed by atoms with Crippen LogP contribution in [0.4, 0.5) is 8.78 Å². The molecule has 1 aromatic heterocycles. The van der Waals surface area contributed by atoms with Gasteiger partial charge in [-0.2, -0.15) is 19.1 Å². The molecule has 2 aromatic carbocycles. The highest BCUT2D eigenvalue weighted by Crippen LogP contribution is 2.25. The summed E-state index contributed by atoms with van der Waals surface area (Å²) in [5.74, 6) is -4.80. The molecule has 5 nitrogen and oxygen atoms in total. The van der Waals surface area contributed by atoms with E-state index in [2.05, 4.69) is 16.5 Å². The van der Waals surface area contributed by atoms with Gasteiger partial charge in [0.2, 0.25) is 0 Å². The van der Waals surface area contributed by atoms with Crippen LogP contribution in [0.1, 0.15) is 31.0 Å². The van der Waals surface area contributed by atoms with Crippen molar-refractivity contribution in [3.05, 3.63) is 65.9 Å². The number of fused-ring (bicyclic) bond motifs is 1. The molecule has 0 unspecified atom stereocenters. The minimum atomic E-state index is -3.47. The van der Waals surface area contributed by atoms with Gasteiger partial charge in [-0.05, 0) is 30.7 Å². The van der Waals surface area contributed by atoms with E-state index in [4.69, 9.17) is 5.26 Å². The number of hydrogen-bond donors (Lipinski definition) is 1. The molecule has 27 heavy (non-hydrogen) atoms. The van der Waals surface area contributed by atoms with Crippen LogP contribution in [-0.2, 0) is 4.79 Å². The first kappa shape index (κ1) is 18.5. The molecule has 0 bridgehead atoms. The second-order valence-corrected chi connectivity index (χ2v) is 6.50. The number of halogens is 2. The summed E-state index contributed by atoms with van der Waals surface area (Å²) in [6.45, 7) is 2.23. The summed E-state index contributed by atoms with van der Waals surface area (Å²) in [5, 5.41) is 16.7. The molecule has 0 spiro atoms. The zero-order valence-electron chi connectivity index (χ0n) is 14.9. The van der Waals surface area contributed by atoms with E-state index in [1.165, 1.54) is 0 Å². The Morgan fingerprint density at radius 1 is 1.26 bits per heavy atom.